The zero-order valence-corrected chi connectivity index (χ0v) is 12.4. The van der Waals surface area contributed by atoms with Gasteiger partial charge in [0, 0.05) is 12.0 Å². The van der Waals surface area contributed by atoms with Crippen LogP contribution >= 0.6 is 0 Å². The van der Waals surface area contributed by atoms with E-state index in [4.69, 9.17) is 24.7 Å². The molecule has 0 saturated carbocycles. The average molecular weight is 293 g/mol. The number of methoxy groups -OCH3 is 1. The van der Waals surface area contributed by atoms with Gasteiger partial charge in [-0.2, -0.15) is 0 Å². The summed E-state index contributed by atoms with van der Waals surface area (Å²) in [6, 6.07) is 3.49. The summed E-state index contributed by atoms with van der Waals surface area (Å²) >= 11 is 0. The number of hydrogen-bond donors (Lipinski definition) is 1. The van der Waals surface area contributed by atoms with Gasteiger partial charge in [0.2, 0.25) is 5.75 Å². The average Bonchev–Trinajstić information content (AvgIpc) is 2.45. The van der Waals surface area contributed by atoms with Gasteiger partial charge in [0.25, 0.3) is 0 Å². The molecule has 1 aromatic carbocycles. The maximum atomic E-state index is 12.2. The van der Waals surface area contributed by atoms with Crippen molar-refractivity contribution in [1.29, 1.82) is 0 Å². The topological polar surface area (TPSA) is 80.0 Å². The zero-order valence-electron chi connectivity index (χ0n) is 12.4. The Labute approximate surface area is 123 Å². The fourth-order valence-corrected chi connectivity index (χ4v) is 2.99. The molecular weight excluding hydrogens is 274 g/mol. The van der Waals surface area contributed by atoms with Crippen LogP contribution in [0.15, 0.2) is 12.1 Å². The Kier molecular flexibility index (Phi) is 3.02. The van der Waals surface area contributed by atoms with Gasteiger partial charge in [-0.15, -0.1) is 0 Å². The molecule has 0 spiro atoms. The van der Waals surface area contributed by atoms with Crippen LogP contribution in [0, 0.1) is 0 Å². The van der Waals surface area contributed by atoms with E-state index in [1.165, 1.54) is 7.11 Å². The highest BCUT2D eigenvalue weighted by molar-refractivity contribution is 5.85. The molecule has 114 valence electrons. The molecule has 21 heavy (non-hydrogen) atoms. The first-order chi connectivity index (χ1) is 9.87. The van der Waals surface area contributed by atoms with Gasteiger partial charge in [0.05, 0.1) is 7.11 Å². The lowest BCUT2D eigenvalue weighted by Crippen LogP contribution is -2.55. The van der Waals surface area contributed by atoms with Crippen molar-refractivity contribution < 1.29 is 23.7 Å². The number of rotatable bonds is 1. The van der Waals surface area contributed by atoms with Gasteiger partial charge in [0.1, 0.15) is 24.4 Å². The Morgan fingerprint density at radius 3 is 2.67 bits per heavy atom. The third kappa shape index (κ3) is 2.10. The van der Waals surface area contributed by atoms with E-state index in [2.05, 4.69) is 0 Å². The third-order valence-electron chi connectivity index (χ3n) is 3.78. The standard InChI is InChI=1S/C15H19NO5/c1-14(2)8-15(16,13(17)18-3)9-4-5-10-12(11(9)21-14)20-7-6-19-10/h4-5H,6-8,16H2,1-3H3. The molecule has 2 aliphatic heterocycles. The molecule has 1 atom stereocenters. The van der Waals surface area contributed by atoms with Crippen LogP contribution in [0.3, 0.4) is 0 Å². The normalized spacial score (nSPS) is 25.5. The first-order valence-electron chi connectivity index (χ1n) is 6.87. The van der Waals surface area contributed by atoms with E-state index in [0.29, 0.717) is 42.4 Å². The van der Waals surface area contributed by atoms with Crippen LogP contribution in [0.25, 0.3) is 0 Å². The highest BCUT2D eigenvalue weighted by atomic mass is 16.6. The molecule has 0 fully saturated rings. The van der Waals surface area contributed by atoms with Crippen LogP contribution in [-0.4, -0.2) is 31.9 Å². The lowest BCUT2D eigenvalue weighted by molar-refractivity contribution is -0.151. The summed E-state index contributed by atoms with van der Waals surface area (Å²) in [6.07, 6.45) is 0.319. The molecule has 2 heterocycles. The SMILES string of the molecule is COC(=O)C1(N)CC(C)(C)Oc2c1ccc1c2OCCO1. The van der Waals surface area contributed by atoms with Gasteiger partial charge >= 0.3 is 5.97 Å². The lowest BCUT2D eigenvalue weighted by Gasteiger charge is -2.43. The Morgan fingerprint density at radius 1 is 1.24 bits per heavy atom. The fraction of sp³-hybridized carbons (Fsp3) is 0.533. The number of ether oxygens (including phenoxy) is 4. The third-order valence-corrected chi connectivity index (χ3v) is 3.78. The first kappa shape index (κ1) is 14.0. The van der Waals surface area contributed by atoms with Crippen LogP contribution in [0.5, 0.6) is 17.2 Å². The van der Waals surface area contributed by atoms with E-state index in [9.17, 15) is 4.79 Å². The molecule has 0 aromatic heterocycles. The number of hydrogen-bond acceptors (Lipinski definition) is 6. The smallest absolute Gasteiger partial charge is 0.330 e. The highest BCUT2D eigenvalue weighted by Crippen LogP contribution is 2.51. The van der Waals surface area contributed by atoms with Crippen molar-refractivity contribution in [2.75, 3.05) is 20.3 Å². The molecular formula is C15H19NO5. The second-order valence-electron chi connectivity index (χ2n) is 5.97. The Morgan fingerprint density at radius 2 is 1.95 bits per heavy atom. The number of fused-ring (bicyclic) bond motifs is 3. The molecule has 6 nitrogen and oxygen atoms in total. The minimum absolute atomic E-state index is 0.319. The van der Waals surface area contributed by atoms with Crippen molar-refractivity contribution in [2.24, 2.45) is 5.73 Å². The number of esters is 1. The molecule has 2 aliphatic rings. The van der Waals surface area contributed by atoms with E-state index < -0.39 is 17.1 Å². The molecule has 3 rings (SSSR count). The summed E-state index contributed by atoms with van der Waals surface area (Å²) in [4.78, 5) is 12.2. The van der Waals surface area contributed by atoms with Crippen molar-refractivity contribution >= 4 is 5.97 Å². The van der Waals surface area contributed by atoms with E-state index in [1.54, 1.807) is 12.1 Å². The minimum Gasteiger partial charge on any atom is -0.486 e. The van der Waals surface area contributed by atoms with Crippen molar-refractivity contribution in [2.45, 2.75) is 31.4 Å². The van der Waals surface area contributed by atoms with Crippen molar-refractivity contribution in [3.8, 4) is 17.2 Å². The summed E-state index contributed by atoms with van der Waals surface area (Å²) in [5.41, 5.74) is 5.07. The predicted molar refractivity (Wildman–Crippen MR) is 74.6 cm³/mol. The molecule has 6 heteroatoms. The Bertz CT molecular complexity index is 598. The molecule has 1 aromatic rings. The minimum atomic E-state index is -1.26. The zero-order chi connectivity index (χ0) is 15.3. The van der Waals surface area contributed by atoms with Gasteiger partial charge in [0.15, 0.2) is 11.5 Å². The van der Waals surface area contributed by atoms with Gasteiger partial charge in [-0.25, -0.2) is 4.79 Å². The van der Waals surface area contributed by atoms with Crippen LogP contribution in [0.4, 0.5) is 0 Å². The van der Waals surface area contributed by atoms with Gasteiger partial charge < -0.3 is 24.7 Å². The molecule has 1 unspecified atom stereocenters. The second-order valence-corrected chi connectivity index (χ2v) is 5.97. The van der Waals surface area contributed by atoms with E-state index >= 15 is 0 Å². The number of carbonyl (C=O) groups is 1. The fourth-order valence-electron chi connectivity index (χ4n) is 2.99. The predicted octanol–water partition coefficient (Wildman–Crippen LogP) is 1.35. The maximum Gasteiger partial charge on any atom is 0.330 e. The van der Waals surface area contributed by atoms with Crippen LogP contribution in [0.2, 0.25) is 0 Å². The molecule has 0 radical (unpaired) electrons. The molecule has 2 N–H and O–H groups in total. The second kappa shape index (κ2) is 4.53. The van der Waals surface area contributed by atoms with E-state index in [-0.39, 0.29) is 0 Å². The van der Waals surface area contributed by atoms with Crippen LogP contribution < -0.4 is 19.9 Å². The Hall–Kier alpha value is -1.95. The van der Waals surface area contributed by atoms with Crippen molar-refractivity contribution in [3.63, 3.8) is 0 Å². The molecule has 0 bridgehead atoms. The van der Waals surface area contributed by atoms with Crippen LogP contribution in [0.1, 0.15) is 25.8 Å². The van der Waals surface area contributed by atoms with E-state index in [0.717, 1.165) is 0 Å². The highest BCUT2D eigenvalue weighted by Gasteiger charge is 2.50. The Balaban J connectivity index is 2.20. The number of benzene rings is 1. The summed E-state index contributed by atoms with van der Waals surface area (Å²) in [7, 11) is 1.33. The molecule has 0 aliphatic carbocycles. The molecule has 0 amide bonds. The van der Waals surface area contributed by atoms with Crippen LogP contribution in [-0.2, 0) is 15.1 Å². The largest absolute Gasteiger partial charge is 0.486 e. The van der Waals surface area contributed by atoms with Gasteiger partial charge in [-0.1, -0.05) is 0 Å². The van der Waals surface area contributed by atoms with Crippen molar-refractivity contribution in [1.82, 2.24) is 0 Å². The maximum absolute atomic E-state index is 12.2. The number of nitrogens with two attached hydrogens (primary N) is 1. The summed E-state index contributed by atoms with van der Waals surface area (Å²) in [6.45, 7) is 4.68. The first-order valence-corrected chi connectivity index (χ1v) is 6.87. The summed E-state index contributed by atoms with van der Waals surface area (Å²) in [5, 5.41) is 0. The summed E-state index contributed by atoms with van der Waals surface area (Å²) in [5.74, 6) is 1.09. The van der Waals surface area contributed by atoms with Crippen molar-refractivity contribution in [3.05, 3.63) is 17.7 Å². The lowest BCUT2D eigenvalue weighted by atomic mass is 9.78. The summed E-state index contributed by atoms with van der Waals surface area (Å²) < 4.78 is 22.1. The van der Waals surface area contributed by atoms with Gasteiger partial charge in [-0.3, -0.25) is 0 Å². The monoisotopic (exact) mass is 293 g/mol. The van der Waals surface area contributed by atoms with E-state index in [1.807, 2.05) is 13.8 Å². The molecule has 0 saturated heterocycles. The van der Waals surface area contributed by atoms with Gasteiger partial charge in [-0.05, 0) is 26.0 Å². The number of carbonyl (C=O) groups excluding carboxylic acids is 1. The quantitative estimate of drug-likeness (QED) is 0.787.